The molecule has 0 aliphatic heterocycles. The fourth-order valence-corrected chi connectivity index (χ4v) is 2.86. The lowest BCUT2D eigenvalue weighted by Crippen LogP contribution is -2.23. The number of para-hydroxylation sites is 1. The molecule has 0 aromatic heterocycles. The van der Waals surface area contributed by atoms with E-state index in [1.165, 1.54) is 18.2 Å². The van der Waals surface area contributed by atoms with Gasteiger partial charge in [0.05, 0.1) is 24.0 Å². The molecule has 0 unspecified atom stereocenters. The third kappa shape index (κ3) is 4.87. The van der Waals surface area contributed by atoms with Crippen molar-refractivity contribution >= 4 is 33.2 Å². The summed E-state index contributed by atoms with van der Waals surface area (Å²) in [4.78, 5) is 12.3. The van der Waals surface area contributed by atoms with Crippen LogP contribution in [-0.2, 0) is 16.6 Å². The van der Waals surface area contributed by atoms with E-state index in [1.54, 1.807) is 13.2 Å². The first kappa shape index (κ1) is 18.1. The fourth-order valence-electron chi connectivity index (χ4n) is 2.10. The van der Waals surface area contributed by atoms with E-state index in [0.717, 1.165) is 11.8 Å². The van der Waals surface area contributed by atoms with Crippen molar-refractivity contribution < 1.29 is 17.9 Å². The Morgan fingerprint density at radius 2 is 1.92 bits per heavy atom. The van der Waals surface area contributed by atoms with E-state index < -0.39 is 15.9 Å². The average molecular weight is 369 g/mol. The summed E-state index contributed by atoms with van der Waals surface area (Å²) in [7, 11) is -1.88. The second-order valence-corrected chi connectivity index (χ2v) is 7.22. The summed E-state index contributed by atoms with van der Waals surface area (Å²) in [6.07, 6.45) is 1.03. The summed E-state index contributed by atoms with van der Waals surface area (Å²) in [6.45, 7) is 0.253. The highest BCUT2D eigenvalue weighted by Crippen LogP contribution is 2.22. The van der Waals surface area contributed by atoms with E-state index in [4.69, 9.17) is 16.3 Å². The molecule has 2 N–H and O–H groups in total. The van der Waals surface area contributed by atoms with Crippen LogP contribution < -0.4 is 14.8 Å². The van der Waals surface area contributed by atoms with Crippen LogP contribution in [0.25, 0.3) is 0 Å². The van der Waals surface area contributed by atoms with Gasteiger partial charge < -0.3 is 10.1 Å². The summed E-state index contributed by atoms with van der Waals surface area (Å²) in [5, 5.41) is 2.97. The molecule has 0 fully saturated rings. The lowest BCUT2D eigenvalue weighted by molar-refractivity contribution is 0.0951. The highest BCUT2D eigenvalue weighted by atomic mass is 35.5. The van der Waals surface area contributed by atoms with Crippen molar-refractivity contribution in [3.63, 3.8) is 0 Å². The van der Waals surface area contributed by atoms with Gasteiger partial charge in [0.25, 0.3) is 5.91 Å². The third-order valence-corrected chi connectivity index (χ3v) is 4.08. The van der Waals surface area contributed by atoms with Crippen molar-refractivity contribution in [1.29, 1.82) is 0 Å². The predicted molar refractivity (Wildman–Crippen MR) is 94.1 cm³/mol. The van der Waals surface area contributed by atoms with Crippen LogP contribution in [0.4, 0.5) is 5.69 Å². The second kappa shape index (κ2) is 7.55. The lowest BCUT2D eigenvalue weighted by atomic mass is 10.1. The summed E-state index contributed by atoms with van der Waals surface area (Å²) in [5.41, 5.74) is 1.26. The minimum absolute atomic E-state index is 0.181. The molecule has 0 heterocycles. The molecule has 128 valence electrons. The Bertz CT molecular complexity index is 853. The zero-order chi connectivity index (χ0) is 17.7. The molecule has 6 nitrogen and oxygen atoms in total. The first-order valence-electron chi connectivity index (χ1n) is 6.97. The second-order valence-electron chi connectivity index (χ2n) is 5.06. The Hall–Kier alpha value is -2.25. The number of benzene rings is 2. The van der Waals surface area contributed by atoms with Crippen molar-refractivity contribution in [3.05, 3.63) is 58.6 Å². The number of carbonyl (C=O) groups excluding carboxylic acids is 1. The smallest absolute Gasteiger partial charge is 0.253 e. The number of methoxy groups -OCH3 is 1. The number of ether oxygens (including phenoxy) is 1. The Balaban J connectivity index is 2.16. The molecule has 0 aliphatic rings. The van der Waals surface area contributed by atoms with Crippen molar-refractivity contribution in [2.75, 3.05) is 18.1 Å². The SMILES string of the molecule is COc1ccccc1CNC(=O)c1cc(NS(C)(=O)=O)ccc1Cl. The van der Waals surface area contributed by atoms with Gasteiger partial charge in [0.1, 0.15) is 5.75 Å². The van der Waals surface area contributed by atoms with Gasteiger partial charge in [-0.3, -0.25) is 9.52 Å². The molecule has 8 heteroatoms. The third-order valence-electron chi connectivity index (χ3n) is 3.15. The van der Waals surface area contributed by atoms with Crippen molar-refractivity contribution in [2.45, 2.75) is 6.54 Å². The Labute approximate surface area is 145 Å². The van der Waals surface area contributed by atoms with Gasteiger partial charge in [-0.15, -0.1) is 0 Å². The van der Waals surface area contributed by atoms with Crippen LogP contribution in [0, 0.1) is 0 Å². The van der Waals surface area contributed by atoms with Crippen LogP contribution in [0.1, 0.15) is 15.9 Å². The van der Waals surface area contributed by atoms with Crippen LogP contribution >= 0.6 is 11.6 Å². The number of hydrogen-bond donors (Lipinski definition) is 2. The number of carbonyl (C=O) groups is 1. The summed E-state index contributed by atoms with van der Waals surface area (Å²) in [5.74, 6) is 0.249. The molecule has 0 saturated carbocycles. The number of rotatable bonds is 6. The molecular formula is C16H17ClN2O4S. The van der Waals surface area contributed by atoms with E-state index in [2.05, 4.69) is 10.0 Å². The van der Waals surface area contributed by atoms with E-state index >= 15 is 0 Å². The maximum Gasteiger partial charge on any atom is 0.253 e. The quantitative estimate of drug-likeness (QED) is 0.820. The van der Waals surface area contributed by atoms with Gasteiger partial charge in [-0.05, 0) is 24.3 Å². The van der Waals surface area contributed by atoms with Crippen LogP contribution in [-0.4, -0.2) is 27.7 Å². The van der Waals surface area contributed by atoms with Crippen molar-refractivity contribution in [3.8, 4) is 5.75 Å². The van der Waals surface area contributed by atoms with Gasteiger partial charge >= 0.3 is 0 Å². The molecule has 0 radical (unpaired) electrons. The van der Waals surface area contributed by atoms with Crippen LogP contribution in [0.2, 0.25) is 5.02 Å². The van der Waals surface area contributed by atoms with Crippen LogP contribution in [0.15, 0.2) is 42.5 Å². The molecule has 2 aromatic rings. The summed E-state index contributed by atoms with van der Waals surface area (Å²) < 4.78 is 30.1. The van der Waals surface area contributed by atoms with E-state index in [-0.39, 0.29) is 22.8 Å². The minimum atomic E-state index is -3.44. The van der Waals surface area contributed by atoms with Crippen LogP contribution in [0.5, 0.6) is 5.75 Å². The summed E-state index contributed by atoms with van der Waals surface area (Å²) >= 11 is 6.04. The number of halogens is 1. The number of amides is 1. The maximum absolute atomic E-state index is 12.3. The van der Waals surface area contributed by atoms with Crippen LogP contribution in [0.3, 0.4) is 0 Å². The van der Waals surface area contributed by atoms with E-state index in [1.807, 2.05) is 18.2 Å². The van der Waals surface area contributed by atoms with Crippen molar-refractivity contribution in [1.82, 2.24) is 5.32 Å². The first-order chi connectivity index (χ1) is 11.3. The zero-order valence-corrected chi connectivity index (χ0v) is 14.7. The molecule has 0 atom stereocenters. The molecule has 0 aliphatic carbocycles. The molecule has 2 aromatic carbocycles. The largest absolute Gasteiger partial charge is 0.496 e. The topological polar surface area (TPSA) is 84.5 Å². The standard InChI is InChI=1S/C16H17ClN2O4S/c1-23-15-6-4-3-5-11(15)10-18-16(20)13-9-12(7-8-14(13)17)19-24(2,21)22/h3-9,19H,10H2,1-2H3,(H,18,20). The van der Waals surface area contributed by atoms with Gasteiger partial charge in [-0.1, -0.05) is 29.8 Å². The highest BCUT2D eigenvalue weighted by Gasteiger charge is 2.13. The van der Waals surface area contributed by atoms with Gasteiger partial charge in [-0.2, -0.15) is 0 Å². The first-order valence-corrected chi connectivity index (χ1v) is 9.24. The van der Waals surface area contributed by atoms with Gasteiger partial charge in [0.2, 0.25) is 10.0 Å². The number of anilines is 1. The average Bonchev–Trinajstić information content (AvgIpc) is 2.53. The number of nitrogens with one attached hydrogen (secondary N) is 2. The van der Waals surface area contributed by atoms with Gasteiger partial charge in [0, 0.05) is 17.8 Å². The number of hydrogen-bond acceptors (Lipinski definition) is 4. The van der Waals surface area contributed by atoms with Gasteiger partial charge in [0.15, 0.2) is 0 Å². The number of sulfonamides is 1. The van der Waals surface area contributed by atoms with Gasteiger partial charge in [-0.25, -0.2) is 8.42 Å². The molecular weight excluding hydrogens is 352 g/mol. The lowest BCUT2D eigenvalue weighted by Gasteiger charge is -2.11. The molecule has 0 bridgehead atoms. The Kier molecular flexibility index (Phi) is 5.69. The normalized spacial score (nSPS) is 11.0. The monoisotopic (exact) mass is 368 g/mol. The molecule has 2 rings (SSSR count). The Morgan fingerprint density at radius 3 is 2.58 bits per heavy atom. The molecule has 1 amide bonds. The molecule has 24 heavy (non-hydrogen) atoms. The minimum Gasteiger partial charge on any atom is -0.496 e. The molecule has 0 spiro atoms. The predicted octanol–water partition coefficient (Wildman–Crippen LogP) is 2.65. The maximum atomic E-state index is 12.3. The summed E-state index contributed by atoms with van der Waals surface area (Å²) in [6, 6.07) is 11.6. The van der Waals surface area contributed by atoms with Crippen molar-refractivity contribution in [2.24, 2.45) is 0 Å². The Morgan fingerprint density at radius 1 is 1.21 bits per heavy atom. The highest BCUT2D eigenvalue weighted by molar-refractivity contribution is 7.92. The zero-order valence-electron chi connectivity index (χ0n) is 13.2. The van der Waals surface area contributed by atoms with E-state index in [0.29, 0.717) is 5.75 Å². The van der Waals surface area contributed by atoms with E-state index in [9.17, 15) is 13.2 Å². The fraction of sp³-hybridized carbons (Fsp3) is 0.188. The molecule has 0 saturated heterocycles.